The number of aryl methyl sites for hydroxylation is 1. The molecule has 0 aliphatic heterocycles. The predicted molar refractivity (Wildman–Crippen MR) is 85.4 cm³/mol. The average molecular weight is 315 g/mol. The zero-order valence-electron chi connectivity index (χ0n) is 11.9. The van der Waals surface area contributed by atoms with E-state index >= 15 is 0 Å². The summed E-state index contributed by atoms with van der Waals surface area (Å²) in [5.74, 6) is -0.0282. The largest absolute Gasteiger partial charge is 0.352 e. The Hall–Kier alpha value is -2.40. The van der Waals surface area contributed by atoms with Gasteiger partial charge in [0.15, 0.2) is 5.15 Å². The molecule has 1 amide bonds. The fourth-order valence-electron chi connectivity index (χ4n) is 2.26. The van der Waals surface area contributed by atoms with E-state index in [-0.39, 0.29) is 5.91 Å². The van der Waals surface area contributed by atoms with Crippen LogP contribution in [0.3, 0.4) is 0 Å². The second-order valence-corrected chi connectivity index (χ2v) is 5.28. The van der Waals surface area contributed by atoms with Crippen LogP contribution in [0.15, 0.2) is 48.8 Å². The molecule has 0 aliphatic carbocycles. The molecular formula is C16H15ClN4O. The lowest BCUT2D eigenvalue weighted by Crippen LogP contribution is -2.24. The van der Waals surface area contributed by atoms with Crippen molar-refractivity contribution in [1.29, 1.82) is 0 Å². The van der Waals surface area contributed by atoms with Gasteiger partial charge in [-0.25, -0.2) is 0 Å². The van der Waals surface area contributed by atoms with Gasteiger partial charge in [0.25, 0.3) is 0 Å². The van der Waals surface area contributed by atoms with E-state index in [0.717, 1.165) is 16.5 Å². The summed E-state index contributed by atoms with van der Waals surface area (Å²) in [7, 11) is 0. The number of halogens is 1. The number of nitrogens with one attached hydrogen (secondary N) is 1. The maximum Gasteiger partial charge on any atom is 0.222 e. The molecule has 1 N–H and O–H groups in total. The number of amides is 1. The average Bonchev–Trinajstić information content (AvgIpc) is 2.89. The van der Waals surface area contributed by atoms with E-state index in [0.29, 0.717) is 24.7 Å². The maximum absolute atomic E-state index is 11.9. The normalized spacial score (nSPS) is 10.8. The molecule has 1 aromatic carbocycles. The molecule has 0 saturated heterocycles. The van der Waals surface area contributed by atoms with Crippen LogP contribution in [0, 0.1) is 0 Å². The molecule has 3 rings (SSSR count). The molecule has 0 atom stereocenters. The topological polar surface area (TPSA) is 59.8 Å². The molecule has 6 heteroatoms. The minimum Gasteiger partial charge on any atom is -0.352 e. The van der Waals surface area contributed by atoms with Crippen molar-refractivity contribution in [2.75, 3.05) is 0 Å². The second kappa shape index (κ2) is 6.58. The second-order valence-electron chi connectivity index (χ2n) is 4.92. The molecule has 112 valence electrons. The monoisotopic (exact) mass is 314 g/mol. The number of carbonyl (C=O) groups excluding carboxylic acids is 1. The van der Waals surface area contributed by atoms with Crippen LogP contribution in [0.4, 0.5) is 0 Å². The molecule has 0 unspecified atom stereocenters. The number of aromatic nitrogens is 3. The van der Waals surface area contributed by atoms with Gasteiger partial charge in [-0.1, -0.05) is 29.8 Å². The third-order valence-electron chi connectivity index (χ3n) is 3.38. The summed E-state index contributed by atoms with van der Waals surface area (Å²) in [6.07, 6.45) is 3.79. The third kappa shape index (κ3) is 3.26. The Bertz CT molecular complexity index is 785. The van der Waals surface area contributed by atoms with Gasteiger partial charge in [-0.3, -0.25) is 14.5 Å². The molecule has 0 aliphatic rings. The van der Waals surface area contributed by atoms with E-state index in [4.69, 9.17) is 11.6 Å². The van der Waals surface area contributed by atoms with Crippen LogP contribution < -0.4 is 5.32 Å². The summed E-state index contributed by atoms with van der Waals surface area (Å²) in [5, 5.41) is 8.51. The SMILES string of the molecule is O=C(CCn1nc(Cl)c2ccccc21)NCc1cccnc1. The summed E-state index contributed by atoms with van der Waals surface area (Å²) in [5.41, 5.74) is 1.91. The van der Waals surface area contributed by atoms with Crippen LogP contribution in [0.1, 0.15) is 12.0 Å². The van der Waals surface area contributed by atoms with E-state index in [1.807, 2.05) is 36.4 Å². The number of nitrogens with zero attached hydrogens (tertiary/aromatic N) is 3. The number of hydrogen-bond donors (Lipinski definition) is 1. The Labute approximate surface area is 132 Å². The van der Waals surface area contributed by atoms with Gasteiger partial charge in [0.1, 0.15) is 0 Å². The Kier molecular flexibility index (Phi) is 4.34. The number of fused-ring (bicyclic) bond motifs is 1. The van der Waals surface area contributed by atoms with Crippen molar-refractivity contribution < 1.29 is 4.79 Å². The van der Waals surface area contributed by atoms with Gasteiger partial charge in [-0.2, -0.15) is 5.10 Å². The quantitative estimate of drug-likeness (QED) is 0.787. The Balaban J connectivity index is 1.58. The highest BCUT2D eigenvalue weighted by molar-refractivity contribution is 6.34. The van der Waals surface area contributed by atoms with Gasteiger partial charge < -0.3 is 5.32 Å². The molecule has 2 aromatic heterocycles. The molecule has 0 spiro atoms. The first-order valence-electron chi connectivity index (χ1n) is 7.00. The predicted octanol–water partition coefficient (Wildman–Crippen LogP) is 2.79. The Morgan fingerprint density at radius 2 is 2.09 bits per heavy atom. The van der Waals surface area contributed by atoms with Crippen LogP contribution in [-0.2, 0) is 17.9 Å². The molecule has 0 bridgehead atoms. The summed E-state index contributed by atoms with van der Waals surface area (Å²) in [6, 6.07) is 11.5. The van der Waals surface area contributed by atoms with Crippen molar-refractivity contribution >= 4 is 28.4 Å². The minimum absolute atomic E-state index is 0.0282. The first kappa shape index (κ1) is 14.5. The lowest BCUT2D eigenvalue weighted by atomic mass is 10.2. The van der Waals surface area contributed by atoms with Gasteiger partial charge in [-0.05, 0) is 23.8 Å². The van der Waals surface area contributed by atoms with Crippen molar-refractivity contribution in [3.8, 4) is 0 Å². The van der Waals surface area contributed by atoms with Crippen molar-refractivity contribution in [1.82, 2.24) is 20.1 Å². The number of carbonyl (C=O) groups is 1. The minimum atomic E-state index is -0.0282. The molecule has 22 heavy (non-hydrogen) atoms. The summed E-state index contributed by atoms with van der Waals surface area (Å²) >= 11 is 6.09. The first-order chi connectivity index (χ1) is 10.7. The highest BCUT2D eigenvalue weighted by atomic mass is 35.5. The van der Waals surface area contributed by atoms with E-state index in [9.17, 15) is 4.79 Å². The molecule has 5 nitrogen and oxygen atoms in total. The Morgan fingerprint density at radius 3 is 2.91 bits per heavy atom. The molecule has 0 radical (unpaired) electrons. The number of pyridine rings is 1. The number of hydrogen-bond acceptors (Lipinski definition) is 3. The highest BCUT2D eigenvalue weighted by Gasteiger charge is 2.09. The third-order valence-corrected chi connectivity index (χ3v) is 3.66. The van der Waals surface area contributed by atoms with Crippen molar-refractivity contribution in [2.45, 2.75) is 19.5 Å². The van der Waals surface area contributed by atoms with Crippen LogP contribution in [0.2, 0.25) is 5.15 Å². The number of rotatable bonds is 5. The fraction of sp³-hybridized carbons (Fsp3) is 0.188. The molecule has 2 heterocycles. The summed E-state index contributed by atoms with van der Waals surface area (Å²) < 4.78 is 1.77. The smallest absolute Gasteiger partial charge is 0.222 e. The van der Waals surface area contributed by atoms with E-state index in [1.165, 1.54) is 0 Å². The van der Waals surface area contributed by atoms with Crippen molar-refractivity contribution in [3.63, 3.8) is 0 Å². The zero-order valence-corrected chi connectivity index (χ0v) is 12.6. The fourth-order valence-corrected chi connectivity index (χ4v) is 2.51. The van der Waals surface area contributed by atoms with Gasteiger partial charge in [0.2, 0.25) is 5.91 Å². The van der Waals surface area contributed by atoms with Crippen molar-refractivity contribution in [3.05, 3.63) is 59.5 Å². The summed E-state index contributed by atoms with van der Waals surface area (Å²) in [4.78, 5) is 15.9. The zero-order chi connectivity index (χ0) is 15.4. The lowest BCUT2D eigenvalue weighted by Gasteiger charge is -2.06. The highest BCUT2D eigenvalue weighted by Crippen LogP contribution is 2.22. The molecule has 0 saturated carbocycles. The van der Waals surface area contributed by atoms with Crippen LogP contribution in [-0.4, -0.2) is 20.7 Å². The van der Waals surface area contributed by atoms with E-state index in [2.05, 4.69) is 15.4 Å². The van der Waals surface area contributed by atoms with Crippen LogP contribution in [0.5, 0.6) is 0 Å². The van der Waals surface area contributed by atoms with Gasteiger partial charge in [0, 0.05) is 30.7 Å². The van der Waals surface area contributed by atoms with Gasteiger partial charge in [-0.15, -0.1) is 0 Å². The maximum atomic E-state index is 11.9. The van der Waals surface area contributed by atoms with E-state index < -0.39 is 0 Å². The first-order valence-corrected chi connectivity index (χ1v) is 7.38. The van der Waals surface area contributed by atoms with Gasteiger partial charge in [0.05, 0.1) is 12.1 Å². The number of para-hydroxylation sites is 1. The van der Waals surface area contributed by atoms with Gasteiger partial charge >= 0.3 is 0 Å². The summed E-state index contributed by atoms with van der Waals surface area (Å²) in [6.45, 7) is 0.972. The standard InChI is InChI=1S/C16H15ClN4O/c17-16-13-5-1-2-6-14(13)21(20-16)9-7-15(22)19-11-12-4-3-8-18-10-12/h1-6,8,10H,7,9,11H2,(H,19,22). The van der Waals surface area contributed by atoms with E-state index in [1.54, 1.807) is 17.1 Å². The van der Waals surface area contributed by atoms with Crippen LogP contribution >= 0.6 is 11.6 Å². The van der Waals surface area contributed by atoms with Crippen molar-refractivity contribution in [2.24, 2.45) is 0 Å². The molecular weight excluding hydrogens is 300 g/mol. The molecule has 3 aromatic rings. The Morgan fingerprint density at radius 1 is 1.23 bits per heavy atom. The lowest BCUT2D eigenvalue weighted by molar-refractivity contribution is -0.121. The molecule has 0 fully saturated rings. The number of benzene rings is 1. The van der Waals surface area contributed by atoms with Crippen LogP contribution in [0.25, 0.3) is 10.9 Å².